The van der Waals surface area contributed by atoms with Crippen LogP contribution in [-0.2, 0) is 10.0 Å². The van der Waals surface area contributed by atoms with Gasteiger partial charge in [0.15, 0.2) is 0 Å². The Kier molecular flexibility index (Phi) is 7.25. The molecule has 0 fully saturated rings. The van der Waals surface area contributed by atoms with Crippen molar-refractivity contribution in [1.82, 2.24) is 9.88 Å². The smallest absolute Gasteiger partial charge is 0.265 e. The maximum absolute atomic E-state index is 13.6. The third-order valence-electron chi connectivity index (χ3n) is 4.99. The predicted molar refractivity (Wildman–Crippen MR) is 122 cm³/mol. The lowest BCUT2D eigenvalue weighted by molar-refractivity contribution is 0.311. The SMILES string of the molecule is CCN(c1ccccc1)S(=O)(=O)c1ccc(NCC(c2cccc(F)c2)N(C)C)nc1. The second-order valence-corrected chi connectivity index (χ2v) is 9.16. The molecule has 8 heteroatoms. The highest BCUT2D eigenvalue weighted by Gasteiger charge is 2.24. The number of hydrogen-bond acceptors (Lipinski definition) is 5. The van der Waals surface area contributed by atoms with Crippen LogP contribution in [0.5, 0.6) is 0 Å². The van der Waals surface area contributed by atoms with E-state index in [1.807, 2.05) is 31.1 Å². The maximum Gasteiger partial charge on any atom is 0.265 e. The summed E-state index contributed by atoms with van der Waals surface area (Å²) in [6, 6.07) is 18.6. The first-order chi connectivity index (χ1) is 14.8. The standard InChI is InChI=1S/C23H27FN4O2S/c1-4-28(20-11-6-5-7-12-20)31(29,30)21-13-14-23(25-16-21)26-17-22(27(2)3)18-9-8-10-19(24)15-18/h5-16,22H,4,17H2,1-3H3,(H,25,26). The number of likely N-dealkylation sites (N-methyl/N-ethyl adjacent to an activating group) is 1. The molecular weight excluding hydrogens is 415 g/mol. The van der Waals surface area contributed by atoms with Crippen LogP contribution in [0.15, 0.2) is 77.8 Å². The minimum atomic E-state index is -3.72. The van der Waals surface area contributed by atoms with Gasteiger partial charge >= 0.3 is 0 Å². The lowest BCUT2D eigenvalue weighted by atomic mass is 10.1. The normalized spacial score (nSPS) is 12.5. The van der Waals surface area contributed by atoms with Crippen molar-refractivity contribution in [3.63, 3.8) is 0 Å². The fraction of sp³-hybridized carbons (Fsp3) is 0.261. The monoisotopic (exact) mass is 442 g/mol. The van der Waals surface area contributed by atoms with Crippen molar-refractivity contribution in [1.29, 1.82) is 0 Å². The van der Waals surface area contributed by atoms with E-state index in [2.05, 4.69) is 10.3 Å². The van der Waals surface area contributed by atoms with Gasteiger partial charge in [-0.15, -0.1) is 0 Å². The molecule has 0 bridgehead atoms. The molecule has 1 aromatic heterocycles. The Bertz CT molecular complexity index is 1090. The molecule has 0 aliphatic rings. The van der Waals surface area contributed by atoms with Gasteiger partial charge in [0.2, 0.25) is 0 Å². The number of aromatic nitrogens is 1. The van der Waals surface area contributed by atoms with Gasteiger partial charge in [0.05, 0.1) is 11.7 Å². The largest absolute Gasteiger partial charge is 0.368 e. The summed E-state index contributed by atoms with van der Waals surface area (Å²) >= 11 is 0. The number of halogens is 1. The van der Waals surface area contributed by atoms with E-state index in [0.717, 1.165) is 5.56 Å². The maximum atomic E-state index is 13.6. The molecule has 3 rings (SSSR count). The highest BCUT2D eigenvalue weighted by molar-refractivity contribution is 7.92. The van der Waals surface area contributed by atoms with Crippen molar-refractivity contribution < 1.29 is 12.8 Å². The fourth-order valence-corrected chi connectivity index (χ4v) is 4.78. The first kappa shape index (κ1) is 22.7. The number of anilines is 2. The highest BCUT2D eigenvalue weighted by atomic mass is 32.2. The van der Waals surface area contributed by atoms with Gasteiger partial charge in [-0.25, -0.2) is 17.8 Å². The summed E-state index contributed by atoms with van der Waals surface area (Å²) in [5.41, 5.74) is 1.45. The Morgan fingerprint density at radius 3 is 2.35 bits per heavy atom. The van der Waals surface area contributed by atoms with Crippen molar-refractivity contribution in [3.8, 4) is 0 Å². The molecule has 31 heavy (non-hydrogen) atoms. The van der Waals surface area contributed by atoms with E-state index in [1.54, 1.807) is 49.4 Å². The summed E-state index contributed by atoms with van der Waals surface area (Å²) in [6.45, 7) is 2.59. The second kappa shape index (κ2) is 9.89. The topological polar surface area (TPSA) is 65.5 Å². The molecule has 0 saturated carbocycles. The molecule has 0 aliphatic heterocycles. The molecule has 2 aromatic carbocycles. The highest BCUT2D eigenvalue weighted by Crippen LogP contribution is 2.24. The zero-order valence-corrected chi connectivity index (χ0v) is 18.7. The summed E-state index contributed by atoms with van der Waals surface area (Å²) in [7, 11) is 0.120. The van der Waals surface area contributed by atoms with E-state index in [-0.39, 0.29) is 16.8 Å². The molecule has 0 radical (unpaired) electrons. The molecule has 0 spiro atoms. The van der Waals surface area contributed by atoms with Gasteiger partial charge in [-0.3, -0.25) is 4.31 Å². The Morgan fingerprint density at radius 2 is 1.77 bits per heavy atom. The van der Waals surface area contributed by atoms with Crippen molar-refractivity contribution >= 4 is 21.5 Å². The minimum absolute atomic E-state index is 0.0745. The molecule has 0 aliphatic carbocycles. The van der Waals surface area contributed by atoms with Crippen LogP contribution in [0.25, 0.3) is 0 Å². The molecule has 1 atom stereocenters. The van der Waals surface area contributed by atoms with Gasteiger partial charge in [0.25, 0.3) is 10.0 Å². The Balaban J connectivity index is 1.75. The van der Waals surface area contributed by atoms with Crippen LogP contribution < -0.4 is 9.62 Å². The second-order valence-electron chi connectivity index (χ2n) is 7.30. The molecule has 1 heterocycles. The van der Waals surface area contributed by atoms with Gasteiger partial charge in [-0.1, -0.05) is 30.3 Å². The van der Waals surface area contributed by atoms with Gasteiger partial charge in [-0.05, 0) is 63.0 Å². The Hall–Kier alpha value is -2.97. The Morgan fingerprint density at radius 1 is 1.03 bits per heavy atom. The number of benzene rings is 2. The summed E-state index contributed by atoms with van der Waals surface area (Å²) in [4.78, 5) is 6.40. The number of pyridine rings is 1. The molecule has 164 valence electrons. The van der Waals surface area contributed by atoms with Gasteiger partial charge < -0.3 is 10.2 Å². The molecule has 1 N–H and O–H groups in total. The lowest BCUT2D eigenvalue weighted by Crippen LogP contribution is -2.30. The number of rotatable bonds is 9. The number of para-hydroxylation sites is 1. The van der Waals surface area contributed by atoms with E-state index in [4.69, 9.17) is 0 Å². The molecule has 6 nitrogen and oxygen atoms in total. The first-order valence-corrected chi connectivity index (χ1v) is 11.5. The summed E-state index contributed by atoms with van der Waals surface area (Å²) in [6.07, 6.45) is 1.36. The van der Waals surface area contributed by atoms with Crippen molar-refractivity contribution in [2.24, 2.45) is 0 Å². The van der Waals surface area contributed by atoms with Crippen LogP contribution in [0.2, 0.25) is 0 Å². The summed E-state index contributed by atoms with van der Waals surface area (Å²) in [5.74, 6) is 0.265. The van der Waals surface area contributed by atoms with Crippen LogP contribution in [0.1, 0.15) is 18.5 Å². The zero-order chi connectivity index (χ0) is 22.4. The molecule has 0 saturated heterocycles. The van der Waals surface area contributed by atoms with Gasteiger partial charge in [0, 0.05) is 19.3 Å². The van der Waals surface area contributed by atoms with E-state index in [0.29, 0.717) is 24.6 Å². The predicted octanol–water partition coefficient (Wildman–Crippen LogP) is 4.15. The van der Waals surface area contributed by atoms with E-state index in [1.165, 1.54) is 22.6 Å². The van der Waals surface area contributed by atoms with Crippen LogP contribution >= 0.6 is 0 Å². The average Bonchev–Trinajstić information content (AvgIpc) is 2.75. The van der Waals surface area contributed by atoms with Crippen LogP contribution in [0.3, 0.4) is 0 Å². The van der Waals surface area contributed by atoms with Crippen molar-refractivity contribution in [2.75, 3.05) is 36.8 Å². The molecule has 3 aromatic rings. The van der Waals surface area contributed by atoms with Crippen LogP contribution in [0, 0.1) is 5.82 Å². The zero-order valence-electron chi connectivity index (χ0n) is 17.9. The van der Waals surface area contributed by atoms with Crippen LogP contribution in [0.4, 0.5) is 15.9 Å². The van der Waals surface area contributed by atoms with Crippen LogP contribution in [-0.4, -0.2) is 45.5 Å². The molecule has 1 unspecified atom stereocenters. The van der Waals surface area contributed by atoms with Gasteiger partial charge in [-0.2, -0.15) is 0 Å². The molecular formula is C23H27FN4O2S. The van der Waals surface area contributed by atoms with Crippen molar-refractivity contribution in [2.45, 2.75) is 17.9 Å². The summed E-state index contributed by atoms with van der Waals surface area (Å²) < 4.78 is 41.1. The first-order valence-electron chi connectivity index (χ1n) is 10.0. The third kappa shape index (κ3) is 5.39. The van der Waals surface area contributed by atoms with E-state index >= 15 is 0 Å². The number of nitrogens with zero attached hydrogens (tertiary/aromatic N) is 3. The molecule has 0 amide bonds. The average molecular weight is 443 g/mol. The third-order valence-corrected chi connectivity index (χ3v) is 6.88. The fourth-order valence-electron chi connectivity index (χ4n) is 3.36. The lowest BCUT2D eigenvalue weighted by Gasteiger charge is -2.25. The number of nitrogens with one attached hydrogen (secondary N) is 1. The number of hydrogen-bond donors (Lipinski definition) is 1. The number of sulfonamides is 1. The van der Waals surface area contributed by atoms with E-state index in [9.17, 15) is 12.8 Å². The van der Waals surface area contributed by atoms with Gasteiger partial charge in [0.1, 0.15) is 16.5 Å². The van der Waals surface area contributed by atoms with E-state index < -0.39 is 10.0 Å². The Labute approximate surface area is 183 Å². The quantitative estimate of drug-likeness (QED) is 0.539. The minimum Gasteiger partial charge on any atom is -0.368 e. The summed E-state index contributed by atoms with van der Waals surface area (Å²) in [5, 5.41) is 3.21. The van der Waals surface area contributed by atoms with Crippen molar-refractivity contribution in [3.05, 3.63) is 84.3 Å².